The zero-order valence-electron chi connectivity index (χ0n) is 10.7. The van der Waals surface area contributed by atoms with Gasteiger partial charge in [-0.05, 0) is 12.8 Å². The molecule has 1 aliphatic heterocycles. The van der Waals surface area contributed by atoms with Crippen LogP contribution in [0.1, 0.15) is 32.1 Å². The van der Waals surface area contributed by atoms with E-state index in [1.165, 1.54) is 32.1 Å². The quantitative estimate of drug-likeness (QED) is 0.574. The van der Waals surface area contributed by atoms with Crippen LogP contribution in [0.25, 0.3) is 0 Å². The van der Waals surface area contributed by atoms with Gasteiger partial charge in [0.05, 0.1) is 12.4 Å². The summed E-state index contributed by atoms with van der Waals surface area (Å²) in [6, 6.07) is 0. The highest BCUT2D eigenvalue weighted by Crippen LogP contribution is 2.25. The minimum atomic E-state index is 0.250. The Morgan fingerprint density at radius 3 is 2.29 bits per heavy atom. The number of β-amino-alcohol motifs (C(OH)–C–C–N with tert-alkyl or cyclic N) is 1. The third-order valence-electron chi connectivity index (χ3n) is 4.12. The number of amidine groups is 1. The summed E-state index contributed by atoms with van der Waals surface area (Å²) in [6.45, 7) is 4.96. The third-order valence-corrected chi connectivity index (χ3v) is 4.12. The first-order chi connectivity index (χ1) is 8.31. The maximum absolute atomic E-state index is 8.90. The van der Waals surface area contributed by atoms with Crippen molar-refractivity contribution in [2.45, 2.75) is 32.1 Å². The minimum Gasteiger partial charge on any atom is -0.395 e. The van der Waals surface area contributed by atoms with E-state index in [4.69, 9.17) is 10.5 Å². The molecule has 0 amide bonds. The lowest BCUT2D eigenvalue weighted by molar-refractivity contribution is 0.143. The van der Waals surface area contributed by atoms with Gasteiger partial charge in [0.1, 0.15) is 0 Å². The fraction of sp³-hybridized carbons (Fsp3) is 0.923. The number of hydrogen-bond donors (Lipinski definition) is 2. The number of nitrogens with one attached hydrogen (secondary N) is 1. The largest absolute Gasteiger partial charge is 0.395 e. The Balaban J connectivity index is 1.77. The monoisotopic (exact) mass is 239 g/mol. The van der Waals surface area contributed by atoms with Crippen LogP contribution in [-0.4, -0.2) is 60.1 Å². The van der Waals surface area contributed by atoms with Gasteiger partial charge in [-0.25, -0.2) is 0 Å². The average Bonchev–Trinajstić information content (AvgIpc) is 2.40. The molecule has 2 aliphatic rings. The summed E-state index contributed by atoms with van der Waals surface area (Å²) in [5.74, 6) is 1.40. The molecular weight excluding hydrogens is 214 g/mol. The Morgan fingerprint density at radius 1 is 1.06 bits per heavy atom. The normalized spacial score (nSPS) is 23.9. The predicted octanol–water partition coefficient (Wildman–Crippen LogP) is 1.15. The lowest BCUT2D eigenvalue weighted by Gasteiger charge is -2.38. The van der Waals surface area contributed by atoms with Gasteiger partial charge >= 0.3 is 0 Å². The van der Waals surface area contributed by atoms with Crippen LogP contribution in [0.4, 0.5) is 0 Å². The van der Waals surface area contributed by atoms with Gasteiger partial charge in [0.15, 0.2) is 0 Å². The van der Waals surface area contributed by atoms with E-state index in [-0.39, 0.29) is 6.61 Å². The van der Waals surface area contributed by atoms with E-state index in [0.717, 1.165) is 38.6 Å². The van der Waals surface area contributed by atoms with Gasteiger partial charge in [-0.15, -0.1) is 0 Å². The minimum absolute atomic E-state index is 0.250. The molecule has 1 saturated carbocycles. The standard InChI is InChI=1S/C13H25N3O/c14-13(12-4-2-1-3-5-12)16-8-6-15(7-9-16)10-11-17/h12,14,17H,1-11H2. The molecule has 4 heteroatoms. The molecule has 1 saturated heterocycles. The fourth-order valence-electron chi connectivity index (χ4n) is 2.99. The molecule has 1 heterocycles. The number of rotatable bonds is 3. The van der Waals surface area contributed by atoms with Crippen LogP contribution in [0.5, 0.6) is 0 Å². The van der Waals surface area contributed by atoms with Gasteiger partial charge in [-0.2, -0.15) is 0 Å². The van der Waals surface area contributed by atoms with Gasteiger partial charge in [0.25, 0.3) is 0 Å². The van der Waals surface area contributed by atoms with E-state index in [1.807, 2.05) is 0 Å². The van der Waals surface area contributed by atoms with E-state index >= 15 is 0 Å². The zero-order chi connectivity index (χ0) is 12.1. The van der Waals surface area contributed by atoms with Crippen molar-refractivity contribution in [1.82, 2.24) is 9.80 Å². The smallest absolute Gasteiger partial charge is 0.0990 e. The molecule has 2 fully saturated rings. The van der Waals surface area contributed by atoms with E-state index in [9.17, 15) is 0 Å². The summed E-state index contributed by atoms with van der Waals surface area (Å²) in [7, 11) is 0. The first-order valence-electron chi connectivity index (χ1n) is 6.98. The van der Waals surface area contributed by atoms with Crippen LogP contribution < -0.4 is 0 Å². The van der Waals surface area contributed by atoms with Crippen LogP contribution in [0.3, 0.4) is 0 Å². The van der Waals surface area contributed by atoms with Gasteiger partial charge in [-0.3, -0.25) is 10.3 Å². The van der Waals surface area contributed by atoms with Gasteiger partial charge in [-0.1, -0.05) is 19.3 Å². The average molecular weight is 239 g/mol. The highest BCUT2D eigenvalue weighted by molar-refractivity contribution is 5.81. The van der Waals surface area contributed by atoms with Crippen LogP contribution in [0, 0.1) is 11.3 Å². The van der Waals surface area contributed by atoms with Gasteiger partial charge in [0.2, 0.25) is 0 Å². The van der Waals surface area contributed by atoms with Crippen molar-refractivity contribution in [3.05, 3.63) is 0 Å². The Labute approximate surface area is 104 Å². The molecule has 1 aliphatic carbocycles. The van der Waals surface area contributed by atoms with Crippen molar-refractivity contribution < 1.29 is 5.11 Å². The Bertz CT molecular complexity index is 243. The van der Waals surface area contributed by atoms with Crippen molar-refractivity contribution in [1.29, 1.82) is 5.41 Å². The SMILES string of the molecule is N=C(C1CCCCC1)N1CCN(CCO)CC1. The van der Waals surface area contributed by atoms with Crippen molar-refractivity contribution in [3.63, 3.8) is 0 Å². The molecule has 0 radical (unpaired) electrons. The fourth-order valence-corrected chi connectivity index (χ4v) is 2.99. The molecule has 0 unspecified atom stereocenters. The summed E-state index contributed by atoms with van der Waals surface area (Å²) < 4.78 is 0. The molecule has 0 atom stereocenters. The Morgan fingerprint density at radius 2 is 1.71 bits per heavy atom. The maximum atomic E-state index is 8.90. The highest BCUT2D eigenvalue weighted by Gasteiger charge is 2.25. The molecule has 4 nitrogen and oxygen atoms in total. The Hall–Kier alpha value is -0.610. The number of aliphatic hydroxyl groups is 1. The number of hydrogen-bond acceptors (Lipinski definition) is 3. The topological polar surface area (TPSA) is 50.6 Å². The first-order valence-corrected chi connectivity index (χ1v) is 6.98. The predicted molar refractivity (Wildman–Crippen MR) is 69.4 cm³/mol. The van der Waals surface area contributed by atoms with Gasteiger partial charge in [0, 0.05) is 38.6 Å². The van der Waals surface area contributed by atoms with Crippen molar-refractivity contribution in [2.24, 2.45) is 5.92 Å². The summed E-state index contributed by atoms with van der Waals surface area (Å²) in [4.78, 5) is 4.54. The molecule has 0 aromatic heterocycles. The van der Waals surface area contributed by atoms with Crippen LogP contribution >= 0.6 is 0 Å². The summed E-state index contributed by atoms with van der Waals surface area (Å²) >= 11 is 0. The first kappa shape index (κ1) is 12.8. The van der Waals surface area contributed by atoms with Crippen molar-refractivity contribution in [3.8, 4) is 0 Å². The van der Waals surface area contributed by atoms with Crippen LogP contribution in [0.15, 0.2) is 0 Å². The maximum Gasteiger partial charge on any atom is 0.0990 e. The van der Waals surface area contributed by atoms with E-state index in [0.29, 0.717) is 5.92 Å². The molecule has 17 heavy (non-hydrogen) atoms. The molecule has 2 N–H and O–H groups in total. The van der Waals surface area contributed by atoms with Crippen molar-refractivity contribution >= 4 is 5.84 Å². The molecular formula is C13H25N3O. The third kappa shape index (κ3) is 3.42. The van der Waals surface area contributed by atoms with Crippen LogP contribution in [0.2, 0.25) is 0 Å². The van der Waals surface area contributed by atoms with Crippen LogP contribution in [-0.2, 0) is 0 Å². The summed E-state index contributed by atoms with van der Waals surface area (Å²) in [5.41, 5.74) is 0. The number of nitrogens with zero attached hydrogens (tertiary/aromatic N) is 2. The number of piperazine rings is 1. The molecule has 0 spiro atoms. The molecule has 2 rings (SSSR count). The lowest BCUT2D eigenvalue weighted by atomic mass is 9.88. The van der Waals surface area contributed by atoms with E-state index in [1.54, 1.807) is 0 Å². The summed E-state index contributed by atoms with van der Waals surface area (Å²) in [5, 5.41) is 17.2. The molecule has 0 bridgehead atoms. The summed E-state index contributed by atoms with van der Waals surface area (Å²) in [6.07, 6.45) is 6.40. The molecule has 98 valence electrons. The second kappa shape index (κ2) is 6.36. The highest BCUT2D eigenvalue weighted by atomic mass is 16.3. The molecule has 0 aromatic carbocycles. The van der Waals surface area contributed by atoms with Gasteiger partial charge < -0.3 is 10.0 Å². The second-order valence-corrected chi connectivity index (χ2v) is 5.27. The molecule has 0 aromatic rings. The zero-order valence-corrected chi connectivity index (χ0v) is 10.7. The van der Waals surface area contributed by atoms with E-state index < -0.39 is 0 Å². The van der Waals surface area contributed by atoms with Crippen molar-refractivity contribution in [2.75, 3.05) is 39.3 Å². The van der Waals surface area contributed by atoms with E-state index in [2.05, 4.69) is 9.80 Å². The second-order valence-electron chi connectivity index (χ2n) is 5.27. The Kier molecular flexibility index (Phi) is 4.80. The lowest BCUT2D eigenvalue weighted by Crippen LogP contribution is -2.50. The number of aliphatic hydroxyl groups excluding tert-OH is 1.